The van der Waals surface area contributed by atoms with E-state index in [0.29, 0.717) is 24.8 Å². The molecule has 22 heavy (non-hydrogen) atoms. The van der Waals surface area contributed by atoms with Gasteiger partial charge in [0.25, 0.3) is 0 Å². The maximum absolute atomic E-state index is 12.1. The number of piperidine rings is 1. The summed E-state index contributed by atoms with van der Waals surface area (Å²) < 4.78 is 11.0. The first-order chi connectivity index (χ1) is 10.7. The molecule has 2 aliphatic heterocycles. The first-order valence-electron chi connectivity index (χ1n) is 8.25. The van der Waals surface area contributed by atoms with Crippen LogP contribution in [0.4, 0.5) is 4.79 Å². The normalized spacial score (nSPS) is 25.1. The fourth-order valence-corrected chi connectivity index (χ4v) is 3.80. The number of ether oxygens (including phenoxy) is 1. The summed E-state index contributed by atoms with van der Waals surface area (Å²) in [4.78, 5) is 18.3. The van der Waals surface area contributed by atoms with Crippen molar-refractivity contribution in [2.24, 2.45) is 0 Å². The smallest absolute Gasteiger partial charge is 0.410 e. The van der Waals surface area contributed by atoms with Crippen LogP contribution in [0.1, 0.15) is 56.2 Å². The average molecular weight is 306 g/mol. The van der Waals surface area contributed by atoms with E-state index in [4.69, 9.17) is 9.26 Å². The number of amides is 1. The van der Waals surface area contributed by atoms with E-state index in [1.807, 2.05) is 0 Å². The minimum Gasteiger partial charge on any atom is -0.441 e. The molecule has 2 saturated heterocycles. The highest BCUT2D eigenvalue weighted by atomic mass is 16.6. The zero-order valence-corrected chi connectivity index (χ0v) is 12.7. The third-order valence-electron chi connectivity index (χ3n) is 5.08. The van der Waals surface area contributed by atoms with Gasteiger partial charge in [0.1, 0.15) is 5.60 Å². The number of nitrogens with one attached hydrogen (secondary N) is 1. The van der Waals surface area contributed by atoms with Crippen molar-refractivity contribution in [2.45, 2.75) is 56.6 Å². The number of hydrogen-bond donors (Lipinski definition) is 1. The second-order valence-corrected chi connectivity index (χ2v) is 6.69. The van der Waals surface area contributed by atoms with E-state index in [-0.39, 0.29) is 11.7 Å². The lowest BCUT2D eigenvalue weighted by atomic mass is 9.92. The minimum atomic E-state index is -0.319. The quantitative estimate of drug-likeness (QED) is 0.917. The lowest BCUT2D eigenvalue weighted by molar-refractivity contribution is 0.0316. The summed E-state index contributed by atoms with van der Waals surface area (Å²) in [5, 5.41) is 7.34. The lowest BCUT2D eigenvalue weighted by Gasteiger charge is -2.31. The molecule has 1 amide bonds. The number of carbonyl (C=O) groups is 1. The van der Waals surface area contributed by atoms with Gasteiger partial charge in [-0.05, 0) is 25.9 Å². The number of hydrogen-bond acceptors (Lipinski definition) is 6. The van der Waals surface area contributed by atoms with Crippen LogP contribution in [0.3, 0.4) is 0 Å². The largest absolute Gasteiger partial charge is 0.441 e. The van der Waals surface area contributed by atoms with Crippen LogP contribution in [-0.2, 0) is 11.3 Å². The zero-order chi connectivity index (χ0) is 15.0. The molecular formula is C15H22N4O3. The van der Waals surface area contributed by atoms with E-state index in [2.05, 4.69) is 15.5 Å². The molecule has 0 aromatic carbocycles. The zero-order valence-electron chi connectivity index (χ0n) is 12.7. The second-order valence-electron chi connectivity index (χ2n) is 6.69. The van der Waals surface area contributed by atoms with Gasteiger partial charge in [0.15, 0.2) is 5.82 Å². The van der Waals surface area contributed by atoms with Gasteiger partial charge in [-0.2, -0.15) is 4.98 Å². The molecule has 0 unspecified atom stereocenters. The summed E-state index contributed by atoms with van der Waals surface area (Å²) in [6, 6.07) is 0. The topological polar surface area (TPSA) is 80.5 Å². The highest BCUT2D eigenvalue weighted by Crippen LogP contribution is 2.34. The van der Waals surface area contributed by atoms with E-state index >= 15 is 0 Å². The Labute approximate surface area is 129 Å². The van der Waals surface area contributed by atoms with Crippen LogP contribution in [0.25, 0.3) is 0 Å². The summed E-state index contributed by atoms with van der Waals surface area (Å²) in [5.41, 5.74) is -0.319. The van der Waals surface area contributed by atoms with Crippen molar-refractivity contribution < 1.29 is 14.1 Å². The SMILES string of the molecule is O=C1OC2(CCNCC2)CN1Cc1noc(C2CCCC2)n1. The second kappa shape index (κ2) is 5.53. The molecule has 7 nitrogen and oxygen atoms in total. The average Bonchev–Trinajstić information content (AvgIpc) is 3.22. The molecule has 3 fully saturated rings. The van der Waals surface area contributed by atoms with Gasteiger partial charge in [0.2, 0.25) is 5.89 Å². The van der Waals surface area contributed by atoms with E-state index in [9.17, 15) is 4.79 Å². The van der Waals surface area contributed by atoms with E-state index in [1.165, 1.54) is 12.8 Å². The number of aromatic nitrogens is 2. The van der Waals surface area contributed by atoms with Gasteiger partial charge in [0.05, 0.1) is 13.1 Å². The molecule has 3 aliphatic rings. The van der Waals surface area contributed by atoms with Crippen LogP contribution in [0.2, 0.25) is 0 Å². The molecule has 0 bridgehead atoms. The molecule has 0 radical (unpaired) electrons. The van der Waals surface area contributed by atoms with Crippen LogP contribution < -0.4 is 5.32 Å². The van der Waals surface area contributed by atoms with Crippen molar-refractivity contribution in [1.82, 2.24) is 20.4 Å². The predicted octanol–water partition coefficient (Wildman–Crippen LogP) is 1.80. The first-order valence-corrected chi connectivity index (χ1v) is 8.25. The van der Waals surface area contributed by atoms with Gasteiger partial charge >= 0.3 is 6.09 Å². The Balaban J connectivity index is 1.41. The van der Waals surface area contributed by atoms with E-state index in [1.54, 1.807) is 4.90 Å². The lowest BCUT2D eigenvalue weighted by Crippen LogP contribution is -2.44. The molecule has 1 N–H and O–H groups in total. The first kappa shape index (κ1) is 14.0. The van der Waals surface area contributed by atoms with Gasteiger partial charge in [-0.25, -0.2) is 4.79 Å². The molecule has 1 aromatic rings. The van der Waals surface area contributed by atoms with Crippen molar-refractivity contribution >= 4 is 6.09 Å². The molecule has 3 heterocycles. The van der Waals surface area contributed by atoms with Crippen molar-refractivity contribution in [2.75, 3.05) is 19.6 Å². The number of carbonyl (C=O) groups excluding carboxylic acids is 1. The Bertz CT molecular complexity index is 547. The van der Waals surface area contributed by atoms with Gasteiger partial charge in [0, 0.05) is 18.8 Å². The Morgan fingerprint density at radius 1 is 1.27 bits per heavy atom. The van der Waals surface area contributed by atoms with Crippen molar-refractivity contribution in [1.29, 1.82) is 0 Å². The van der Waals surface area contributed by atoms with Crippen LogP contribution in [0.5, 0.6) is 0 Å². The number of nitrogens with zero attached hydrogens (tertiary/aromatic N) is 3. The molecule has 1 aliphatic carbocycles. The summed E-state index contributed by atoms with van der Waals surface area (Å²) in [6.07, 6.45) is 6.21. The monoisotopic (exact) mass is 306 g/mol. The third kappa shape index (κ3) is 2.58. The van der Waals surface area contributed by atoms with Gasteiger partial charge < -0.3 is 14.6 Å². The van der Waals surface area contributed by atoms with Crippen molar-refractivity contribution in [3.05, 3.63) is 11.7 Å². The summed E-state index contributed by atoms with van der Waals surface area (Å²) >= 11 is 0. The fourth-order valence-electron chi connectivity index (χ4n) is 3.80. The number of rotatable bonds is 3. The van der Waals surface area contributed by atoms with E-state index < -0.39 is 0 Å². The molecular weight excluding hydrogens is 284 g/mol. The van der Waals surface area contributed by atoms with Crippen LogP contribution in [0.15, 0.2) is 4.52 Å². The van der Waals surface area contributed by atoms with Gasteiger partial charge in [-0.3, -0.25) is 4.90 Å². The molecule has 1 aromatic heterocycles. The summed E-state index contributed by atoms with van der Waals surface area (Å²) in [5.74, 6) is 1.73. The van der Waals surface area contributed by atoms with Crippen molar-refractivity contribution in [3.63, 3.8) is 0 Å². The van der Waals surface area contributed by atoms with E-state index in [0.717, 1.165) is 44.7 Å². The Hall–Kier alpha value is -1.63. The van der Waals surface area contributed by atoms with Crippen LogP contribution in [-0.4, -0.2) is 46.4 Å². The maximum atomic E-state index is 12.1. The molecule has 4 rings (SSSR count). The van der Waals surface area contributed by atoms with Gasteiger partial charge in [-0.15, -0.1) is 0 Å². The molecule has 120 valence electrons. The van der Waals surface area contributed by atoms with Gasteiger partial charge in [-0.1, -0.05) is 18.0 Å². The summed E-state index contributed by atoms with van der Waals surface area (Å²) in [6.45, 7) is 2.80. The predicted molar refractivity (Wildman–Crippen MR) is 77.2 cm³/mol. The molecule has 7 heteroatoms. The van der Waals surface area contributed by atoms with Crippen LogP contribution in [0, 0.1) is 0 Å². The minimum absolute atomic E-state index is 0.255. The highest BCUT2D eigenvalue weighted by Gasteiger charge is 2.46. The highest BCUT2D eigenvalue weighted by molar-refractivity contribution is 5.70. The maximum Gasteiger partial charge on any atom is 0.410 e. The fraction of sp³-hybridized carbons (Fsp3) is 0.800. The van der Waals surface area contributed by atoms with Crippen molar-refractivity contribution in [3.8, 4) is 0 Å². The molecule has 1 spiro atoms. The standard InChI is InChI=1S/C15H22N4O3/c20-14-19(10-15(21-14)5-7-16-8-6-15)9-12-17-13(22-18-12)11-3-1-2-4-11/h11,16H,1-10H2. The Morgan fingerprint density at radius 3 is 2.82 bits per heavy atom. The molecule has 1 saturated carbocycles. The summed E-state index contributed by atoms with van der Waals surface area (Å²) in [7, 11) is 0. The molecule has 0 atom stereocenters. The van der Waals surface area contributed by atoms with Crippen LogP contribution >= 0.6 is 0 Å². The third-order valence-corrected chi connectivity index (χ3v) is 5.08. The Morgan fingerprint density at radius 2 is 2.05 bits per heavy atom. The Kier molecular flexibility index (Phi) is 3.52.